The highest BCUT2D eigenvalue weighted by Gasteiger charge is 2.43. The van der Waals surface area contributed by atoms with Crippen LogP contribution in [0.5, 0.6) is 0 Å². The zero-order chi connectivity index (χ0) is 18.0. The number of aliphatic hydroxyl groups excluding tert-OH is 2. The van der Waals surface area contributed by atoms with Gasteiger partial charge in [-0.1, -0.05) is 48.6 Å². The Labute approximate surface area is 145 Å². The molecule has 3 N–H and O–H groups in total. The summed E-state index contributed by atoms with van der Waals surface area (Å²) in [6.45, 7) is 0. The summed E-state index contributed by atoms with van der Waals surface area (Å²) >= 11 is 0. The summed E-state index contributed by atoms with van der Waals surface area (Å²) in [5.41, 5.74) is -0.788. The quantitative estimate of drug-likeness (QED) is 0.742. The van der Waals surface area contributed by atoms with Crippen LogP contribution in [0.25, 0.3) is 16.8 Å². The Morgan fingerprint density at radius 2 is 1.88 bits per heavy atom. The second kappa shape index (κ2) is 6.80. The third kappa shape index (κ3) is 3.49. The van der Waals surface area contributed by atoms with Gasteiger partial charge >= 0.3 is 5.97 Å². The van der Waals surface area contributed by atoms with Crippen LogP contribution in [0.2, 0.25) is 0 Å². The van der Waals surface area contributed by atoms with Crippen molar-refractivity contribution in [3.05, 3.63) is 65.8 Å². The fourth-order valence-corrected chi connectivity index (χ4v) is 3.04. The number of fused-ring (bicyclic) bond motifs is 1. The lowest BCUT2D eigenvalue weighted by Crippen LogP contribution is -2.48. The Balaban J connectivity index is 1.92. The van der Waals surface area contributed by atoms with E-state index in [0.717, 1.165) is 23.4 Å². The van der Waals surface area contributed by atoms with Gasteiger partial charge in [0.1, 0.15) is 6.10 Å². The smallest absolute Gasteiger partial charge is 0.342 e. The molecule has 130 valence electrons. The lowest BCUT2D eigenvalue weighted by Gasteiger charge is -2.33. The molecule has 0 aromatic heterocycles. The van der Waals surface area contributed by atoms with Gasteiger partial charge in [-0.3, -0.25) is 0 Å². The van der Waals surface area contributed by atoms with Crippen LogP contribution in [-0.4, -0.2) is 46.2 Å². The molecule has 1 aliphatic rings. The molecule has 0 amide bonds. The highest BCUT2D eigenvalue weighted by Crippen LogP contribution is 2.30. The van der Waals surface area contributed by atoms with Crippen LogP contribution >= 0.6 is 0 Å². The van der Waals surface area contributed by atoms with Gasteiger partial charge in [-0.05, 0) is 34.1 Å². The van der Waals surface area contributed by atoms with Crippen molar-refractivity contribution in [1.29, 1.82) is 0 Å². The van der Waals surface area contributed by atoms with E-state index in [4.69, 9.17) is 0 Å². The molecule has 0 aliphatic heterocycles. The minimum absolute atomic E-state index is 0.264. The molecular weight excluding hydrogens is 320 g/mol. The molecule has 1 unspecified atom stereocenters. The summed E-state index contributed by atoms with van der Waals surface area (Å²) < 4.78 is 4.59. The summed E-state index contributed by atoms with van der Waals surface area (Å²) in [6.07, 6.45) is 1.84. The summed E-state index contributed by atoms with van der Waals surface area (Å²) in [7, 11) is 1.16. The van der Waals surface area contributed by atoms with Crippen molar-refractivity contribution in [2.24, 2.45) is 0 Å². The molecule has 0 fully saturated rings. The number of methoxy groups -OCH3 is 1. The average Bonchev–Trinajstić information content (AvgIpc) is 2.62. The molecule has 25 heavy (non-hydrogen) atoms. The Morgan fingerprint density at radius 3 is 2.60 bits per heavy atom. The molecule has 0 saturated carbocycles. The maximum absolute atomic E-state index is 11.8. The molecule has 1 aliphatic carbocycles. The van der Waals surface area contributed by atoms with E-state index in [2.05, 4.69) is 4.74 Å². The van der Waals surface area contributed by atoms with E-state index in [9.17, 15) is 20.1 Å². The highest BCUT2D eigenvalue weighted by atomic mass is 16.5. The SMILES string of the molecule is COC(=O)[C@]1(O)C=C(/C=C/c2ccc3ccccc3c2)[C@@H](O)C(O)C1. The summed E-state index contributed by atoms with van der Waals surface area (Å²) in [5.74, 6) is -0.866. The number of hydrogen-bond donors (Lipinski definition) is 3. The zero-order valence-electron chi connectivity index (χ0n) is 13.8. The number of carbonyl (C=O) groups is 1. The normalized spacial score (nSPS) is 26.6. The van der Waals surface area contributed by atoms with Gasteiger partial charge in [0, 0.05) is 6.42 Å². The van der Waals surface area contributed by atoms with Gasteiger partial charge in [0.2, 0.25) is 0 Å². The van der Waals surface area contributed by atoms with Gasteiger partial charge in [0.05, 0.1) is 13.2 Å². The number of hydrogen-bond acceptors (Lipinski definition) is 5. The maximum Gasteiger partial charge on any atom is 0.342 e. The molecule has 0 spiro atoms. The molecule has 3 rings (SSSR count). The fraction of sp³-hybridized carbons (Fsp3) is 0.250. The molecule has 0 heterocycles. The number of aliphatic hydroxyl groups is 3. The number of benzene rings is 2. The molecular formula is C20H20O5. The van der Waals surface area contributed by atoms with Gasteiger partial charge < -0.3 is 20.1 Å². The second-order valence-corrected chi connectivity index (χ2v) is 6.22. The van der Waals surface area contributed by atoms with Crippen LogP contribution in [-0.2, 0) is 9.53 Å². The Hall–Kier alpha value is -2.47. The van der Waals surface area contributed by atoms with E-state index < -0.39 is 23.8 Å². The van der Waals surface area contributed by atoms with Gasteiger partial charge in [0.15, 0.2) is 5.60 Å². The number of esters is 1. The van der Waals surface area contributed by atoms with Crippen molar-refractivity contribution in [3.63, 3.8) is 0 Å². The van der Waals surface area contributed by atoms with Crippen molar-refractivity contribution >= 4 is 22.8 Å². The van der Waals surface area contributed by atoms with Crippen molar-refractivity contribution in [1.82, 2.24) is 0 Å². The van der Waals surface area contributed by atoms with E-state index in [1.807, 2.05) is 42.5 Å². The van der Waals surface area contributed by atoms with Crippen LogP contribution in [0.15, 0.2) is 60.2 Å². The van der Waals surface area contributed by atoms with E-state index in [1.54, 1.807) is 12.2 Å². The summed E-state index contributed by atoms with van der Waals surface area (Å²) in [4.78, 5) is 11.8. The first-order chi connectivity index (χ1) is 11.9. The van der Waals surface area contributed by atoms with Crippen LogP contribution < -0.4 is 0 Å². The predicted molar refractivity (Wildman–Crippen MR) is 94.7 cm³/mol. The van der Waals surface area contributed by atoms with E-state index >= 15 is 0 Å². The topological polar surface area (TPSA) is 87.0 Å². The molecule has 5 heteroatoms. The number of carbonyl (C=O) groups excluding carboxylic acids is 1. The van der Waals surface area contributed by atoms with Crippen molar-refractivity contribution in [3.8, 4) is 0 Å². The third-order valence-electron chi connectivity index (χ3n) is 4.41. The molecule has 0 bridgehead atoms. The maximum atomic E-state index is 11.8. The minimum Gasteiger partial charge on any atom is -0.467 e. The molecule has 0 radical (unpaired) electrons. The molecule has 2 aromatic rings. The van der Waals surface area contributed by atoms with Crippen LogP contribution in [0.1, 0.15) is 12.0 Å². The highest BCUT2D eigenvalue weighted by molar-refractivity contribution is 5.85. The van der Waals surface area contributed by atoms with E-state index in [1.165, 1.54) is 6.08 Å². The largest absolute Gasteiger partial charge is 0.467 e. The van der Waals surface area contributed by atoms with Crippen molar-refractivity contribution < 1.29 is 24.9 Å². The van der Waals surface area contributed by atoms with Crippen LogP contribution in [0, 0.1) is 0 Å². The molecule has 2 aromatic carbocycles. The first-order valence-electron chi connectivity index (χ1n) is 7.99. The molecule has 0 saturated heterocycles. The summed E-state index contributed by atoms with van der Waals surface area (Å²) in [5, 5.41) is 32.7. The third-order valence-corrected chi connectivity index (χ3v) is 4.41. The van der Waals surface area contributed by atoms with Crippen molar-refractivity contribution in [2.75, 3.05) is 7.11 Å². The van der Waals surface area contributed by atoms with Crippen LogP contribution in [0.3, 0.4) is 0 Å². The van der Waals surface area contributed by atoms with E-state index in [0.29, 0.717) is 0 Å². The van der Waals surface area contributed by atoms with Gasteiger partial charge in [-0.25, -0.2) is 4.79 Å². The average molecular weight is 340 g/mol. The summed E-state index contributed by atoms with van der Waals surface area (Å²) in [6, 6.07) is 13.8. The standard InChI is InChI=1S/C20H20O5/c1-25-19(23)20(24)11-16(18(22)17(21)12-20)9-7-13-6-8-14-4-2-3-5-15(14)10-13/h2-11,17-18,21-22,24H,12H2,1H3/b9-7+/t17?,18-,20+/m1/s1. The zero-order valence-corrected chi connectivity index (χ0v) is 13.8. The fourth-order valence-electron chi connectivity index (χ4n) is 3.04. The van der Waals surface area contributed by atoms with Crippen LogP contribution in [0.4, 0.5) is 0 Å². The van der Waals surface area contributed by atoms with Gasteiger partial charge in [-0.15, -0.1) is 0 Å². The Morgan fingerprint density at radius 1 is 1.16 bits per heavy atom. The lowest BCUT2D eigenvalue weighted by atomic mass is 9.82. The Kier molecular flexibility index (Phi) is 4.72. The number of rotatable bonds is 3. The second-order valence-electron chi connectivity index (χ2n) is 6.22. The molecule has 3 atom stereocenters. The van der Waals surface area contributed by atoms with Gasteiger partial charge in [0.25, 0.3) is 0 Å². The minimum atomic E-state index is -1.95. The van der Waals surface area contributed by atoms with Crippen molar-refractivity contribution in [2.45, 2.75) is 24.2 Å². The molecule has 5 nitrogen and oxygen atoms in total. The predicted octanol–water partition coefficient (Wildman–Crippen LogP) is 1.81. The lowest BCUT2D eigenvalue weighted by molar-refractivity contribution is -0.162. The first-order valence-corrected chi connectivity index (χ1v) is 7.99. The number of ether oxygens (including phenoxy) is 1. The first kappa shape index (κ1) is 17.4. The Bertz CT molecular complexity index is 854. The van der Waals surface area contributed by atoms with Gasteiger partial charge in [-0.2, -0.15) is 0 Å². The van der Waals surface area contributed by atoms with E-state index in [-0.39, 0.29) is 12.0 Å². The monoisotopic (exact) mass is 340 g/mol.